The van der Waals surface area contributed by atoms with Crippen molar-refractivity contribution >= 4 is 40.6 Å². The molecule has 1 aromatic rings. The third-order valence-electron chi connectivity index (χ3n) is 2.46. The maximum Gasteiger partial charge on any atom is 0.293 e. The molecule has 98 valence electrons. The van der Waals surface area contributed by atoms with Gasteiger partial charge in [-0.15, -0.1) is 6.58 Å². The molecule has 6 heteroatoms. The first-order chi connectivity index (χ1) is 9.02. The van der Waals surface area contributed by atoms with Crippen LogP contribution in [0.5, 0.6) is 5.75 Å². The fourth-order valence-corrected chi connectivity index (χ4v) is 2.59. The summed E-state index contributed by atoms with van der Waals surface area (Å²) in [6, 6.07) is 4.50. The molecule has 0 radical (unpaired) electrons. The molecule has 1 saturated heterocycles. The van der Waals surface area contributed by atoms with Crippen molar-refractivity contribution in [2.24, 2.45) is 0 Å². The third kappa shape index (κ3) is 2.83. The predicted molar refractivity (Wildman–Crippen MR) is 76.0 cm³/mol. The van der Waals surface area contributed by atoms with E-state index >= 15 is 0 Å². The molecule has 0 spiro atoms. The van der Waals surface area contributed by atoms with E-state index in [2.05, 4.69) is 6.58 Å². The summed E-state index contributed by atoms with van der Waals surface area (Å²) in [6.45, 7) is 3.67. The molecule has 0 aliphatic carbocycles. The lowest BCUT2D eigenvalue weighted by atomic mass is 10.2. The van der Waals surface area contributed by atoms with Crippen molar-refractivity contribution in [1.29, 1.82) is 0 Å². The highest BCUT2D eigenvalue weighted by molar-refractivity contribution is 8.18. The van der Waals surface area contributed by atoms with Gasteiger partial charge in [-0.1, -0.05) is 17.7 Å². The van der Waals surface area contributed by atoms with E-state index in [0.717, 1.165) is 16.7 Å². The fourth-order valence-electron chi connectivity index (χ4n) is 1.57. The van der Waals surface area contributed by atoms with E-state index in [0.29, 0.717) is 10.6 Å². The minimum Gasteiger partial charge on any atom is -0.507 e. The molecule has 0 saturated carbocycles. The van der Waals surface area contributed by atoms with E-state index in [1.807, 2.05) is 0 Å². The fraction of sp³-hybridized carbons (Fsp3) is 0.0769. The van der Waals surface area contributed by atoms with Crippen molar-refractivity contribution in [3.63, 3.8) is 0 Å². The molecule has 0 atom stereocenters. The predicted octanol–water partition coefficient (Wildman–Crippen LogP) is 3.27. The van der Waals surface area contributed by atoms with E-state index in [1.165, 1.54) is 30.4 Å². The summed E-state index contributed by atoms with van der Waals surface area (Å²) in [4.78, 5) is 24.9. The molecule has 4 nitrogen and oxygen atoms in total. The number of hydrogen-bond acceptors (Lipinski definition) is 4. The first kappa shape index (κ1) is 13.7. The van der Waals surface area contributed by atoms with Gasteiger partial charge in [0.25, 0.3) is 11.1 Å². The zero-order chi connectivity index (χ0) is 14.0. The Bertz CT molecular complexity index is 598. The van der Waals surface area contributed by atoms with E-state index in [9.17, 15) is 14.7 Å². The van der Waals surface area contributed by atoms with Crippen LogP contribution < -0.4 is 0 Å². The number of rotatable bonds is 3. The van der Waals surface area contributed by atoms with Gasteiger partial charge in [-0.3, -0.25) is 14.5 Å². The number of thioether (sulfide) groups is 1. The molecule has 0 bridgehead atoms. The van der Waals surface area contributed by atoms with E-state index in [-0.39, 0.29) is 22.4 Å². The van der Waals surface area contributed by atoms with Crippen molar-refractivity contribution in [1.82, 2.24) is 4.90 Å². The zero-order valence-corrected chi connectivity index (χ0v) is 11.4. The van der Waals surface area contributed by atoms with Gasteiger partial charge in [0.2, 0.25) is 0 Å². The first-order valence-electron chi connectivity index (χ1n) is 5.37. The lowest BCUT2D eigenvalue weighted by molar-refractivity contribution is -0.122. The molecule has 1 fully saturated rings. The van der Waals surface area contributed by atoms with E-state index in [4.69, 9.17) is 11.6 Å². The van der Waals surface area contributed by atoms with Gasteiger partial charge in [0.05, 0.1) is 4.91 Å². The number of phenols is 1. The molecular formula is C13H10ClNO3S. The number of carbonyl (C=O) groups is 2. The minimum atomic E-state index is -0.394. The lowest BCUT2D eigenvalue weighted by Gasteiger charge is -2.07. The Hall–Kier alpha value is -1.72. The second-order valence-electron chi connectivity index (χ2n) is 3.78. The maximum atomic E-state index is 12.0. The summed E-state index contributed by atoms with van der Waals surface area (Å²) < 4.78 is 0. The van der Waals surface area contributed by atoms with Crippen molar-refractivity contribution in [3.8, 4) is 5.75 Å². The number of halogens is 1. The summed E-state index contributed by atoms with van der Waals surface area (Å²) in [5.41, 5.74) is 0.400. The normalized spacial score (nSPS) is 17.3. The number of imide groups is 1. The van der Waals surface area contributed by atoms with Crippen LogP contribution in [0.4, 0.5) is 4.79 Å². The van der Waals surface area contributed by atoms with Gasteiger partial charge in [-0.25, -0.2) is 0 Å². The number of hydrogen-bond donors (Lipinski definition) is 1. The Kier molecular flexibility index (Phi) is 3.97. The Morgan fingerprint density at radius 1 is 1.42 bits per heavy atom. The topological polar surface area (TPSA) is 57.6 Å². The third-order valence-corrected chi connectivity index (χ3v) is 3.60. The highest BCUT2D eigenvalue weighted by Crippen LogP contribution is 2.34. The number of aromatic hydroxyl groups is 1. The van der Waals surface area contributed by atoms with Crippen LogP contribution in [0, 0.1) is 0 Å². The molecule has 19 heavy (non-hydrogen) atoms. The molecule has 1 aromatic carbocycles. The number of nitrogens with zero attached hydrogens (tertiary/aromatic N) is 1. The molecule has 0 aromatic heterocycles. The molecular weight excluding hydrogens is 286 g/mol. The number of phenolic OH excluding ortho intramolecular Hbond substituents is 1. The van der Waals surface area contributed by atoms with Gasteiger partial charge in [-0.2, -0.15) is 0 Å². The quantitative estimate of drug-likeness (QED) is 0.687. The highest BCUT2D eigenvalue weighted by atomic mass is 35.5. The molecule has 1 N–H and O–H groups in total. The summed E-state index contributed by atoms with van der Waals surface area (Å²) in [6.07, 6.45) is 2.94. The average Bonchev–Trinajstić information content (AvgIpc) is 2.62. The molecule has 1 aliphatic rings. The van der Waals surface area contributed by atoms with Crippen LogP contribution in [-0.2, 0) is 4.79 Å². The van der Waals surface area contributed by atoms with Crippen LogP contribution in [0.15, 0.2) is 35.8 Å². The average molecular weight is 296 g/mol. The summed E-state index contributed by atoms with van der Waals surface area (Å²) in [7, 11) is 0. The summed E-state index contributed by atoms with van der Waals surface area (Å²) >= 11 is 6.65. The largest absolute Gasteiger partial charge is 0.507 e. The van der Waals surface area contributed by atoms with Gasteiger partial charge < -0.3 is 5.11 Å². The van der Waals surface area contributed by atoms with Crippen LogP contribution in [0.1, 0.15) is 5.56 Å². The van der Waals surface area contributed by atoms with Gasteiger partial charge in [0.15, 0.2) is 0 Å². The Balaban J connectivity index is 2.34. The Morgan fingerprint density at radius 2 is 2.16 bits per heavy atom. The second-order valence-corrected chi connectivity index (χ2v) is 5.21. The van der Waals surface area contributed by atoms with Crippen molar-refractivity contribution in [3.05, 3.63) is 46.3 Å². The van der Waals surface area contributed by atoms with Gasteiger partial charge in [-0.05, 0) is 36.0 Å². The van der Waals surface area contributed by atoms with Crippen LogP contribution in [-0.4, -0.2) is 27.7 Å². The first-order valence-corrected chi connectivity index (χ1v) is 6.57. The summed E-state index contributed by atoms with van der Waals surface area (Å²) in [5.74, 6) is -0.394. The van der Waals surface area contributed by atoms with Crippen molar-refractivity contribution in [2.75, 3.05) is 6.54 Å². The Morgan fingerprint density at radius 3 is 2.84 bits per heavy atom. The minimum absolute atomic E-state index is 0.0000744. The SMILES string of the molecule is C=CCN1C(=O)S/C(=C/c2cc(Cl)ccc2O)C1=O. The molecule has 0 unspecified atom stereocenters. The Labute approximate surface area is 119 Å². The standard InChI is InChI=1S/C13H10ClNO3S/c1-2-5-15-12(17)11(19-13(15)18)7-8-6-9(14)3-4-10(8)16/h2-4,6-7,16H,1,5H2/b11-7+. The number of carbonyl (C=O) groups excluding carboxylic acids is 2. The highest BCUT2D eigenvalue weighted by Gasteiger charge is 2.34. The molecule has 2 amide bonds. The van der Waals surface area contributed by atoms with Crippen LogP contribution in [0.25, 0.3) is 6.08 Å². The number of amides is 2. The van der Waals surface area contributed by atoms with Crippen LogP contribution in [0.3, 0.4) is 0 Å². The molecule has 1 heterocycles. The van der Waals surface area contributed by atoms with Crippen LogP contribution in [0.2, 0.25) is 5.02 Å². The monoisotopic (exact) mass is 295 g/mol. The smallest absolute Gasteiger partial charge is 0.293 e. The lowest BCUT2D eigenvalue weighted by Crippen LogP contribution is -2.27. The zero-order valence-electron chi connectivity index (χ0n) is 9.80. The van der Waals surface area contributed by atoms with E-state index in [1.54, 1.807) is 0 Å². The van der Waals surface area contributed by atoms with Crippen molar-refractivity contribution in [2.45, 2.75) is 0 Å². The van der Waals surface area contributed by atoms with Crippen molar-refractivity contribution < 1.29 is 14.7 Å². The van der Waals surface area contributed by atoms with Gasteiger partial charge >= 0.3 is 0 Å². The summed E-state index contributed by atoms with van der Waals surface area (Å²) in [5, 5.41) is 9.77. The molecule has 2 rings (SSSR count). The van der Waals surface area contributed by atoms with Gasteiger partial charge in [0.1, 0.15) is 5.75 Å². The molecule has 1 aliphatic heterocycles. The second kappa shape index (κ2) is 5.50. The number of benzene rings is 1. The maximum absolute atomic E-state index is 12.0. The van der Waals surface area contributed by atoms with Crippen LogP contribution >= 0.6 is 23.4 Å². The van der Waals surface area contributed by atoms with Gasteiger partial charge in [0, 0.05) is 17.1 Å². The van der Waals surface area contributed by atoms with E-state index < -0.39 is 5.91 Å².